The molecule has 0 aliphatic carbocycles. The summed E-state index contributed by atoms with van der Waals surface area (Å²) in [6, 6.07) is 13.3. The van der Waals surface area contributed by atoms with Crippen LogP contribution < -0.4 is 5.32 Å². The van der Waals surface area contributed by atoms with Crippen molar-refractivity contribution in [2.24, 2.45) is 0 Å². The monoisotopic (exact) mass is 375 g/mol. The van der Waals surface area contributed by atoms with E-state index in [9.17, 15) is 9.59 Å². The number of amides is 1. The highest BCUT2D eigenvalue weighted by Gasteiger charge is 2.27. The van der Waals surface area contributed by atoms with Crippen LogP contribution in [-0.4, -0.2) is 31.9 Å². The summed E-state index contributed by atoms with van der Waals surface area (Å²) in [5.74, 6) is 0.503. The molecule has 1 aliphatic heterocycles. The summed E-state index contributed by atoms with van der Waals surface area (Å²) in [5, 5.41) is 15.2. The number of hydrogen-bond acceptors (Lipinski definition) is 5. The van der Waals surface area contributed by atoms with E-state index in [1.165, 1.54) is 10.4 Å². The fourth-order valence-corrected chi connectivity index (χ4v) is 3.25. The quantitative estimate of drug-likeness (QED) is 0.690. The molecule has 1 N–H and O–H groups in total. The summed E-state index contributed by atoms with van der Waals surface area (Å²) in [5.41, 5.74) is 4.24. The van der Waals surface area contributed by atoms with E-state index < -0.39 is 0 Å². The molecule has 7 heteroatoms. The lowest BCUT2D eigenvalue weighted by Gasteiger charge is -2.05. The van der Waals surface area contributed by atoms with Gasteiger partial charge in [-0.15, -0.1) is 10.2 Å². The fraction of sp³-hybridized carbons (Fsp3) is 0.286. The van der Waals surface area contributed by atoms with Gasteiger partial charge in [0.1, 0.15) is 6.54 Å². The van der Waals surface area contributed by atoms with Crippen molar-refractivity contribution < 1.29 is 9.59 Å². The second kappa shape index (κ2) is 6.99. The Labute approximate surface area is 162 Å². The number of aromatic nitrogens is 4. The third kappa shape index (κ3) is 3.31. The topological polar surface area (TPSA) is 89.8 Å². The number of fused-ring (bicyclic) bond motifs is 1. The van der Waals surface area contributed by atoms with Gasteiger partial charge in [-0.05, 0) is 47.4 Å². The van der Waals surface area contributed by atoms with Crippen molar-refractivity contribution in [3.63, 3.8) is 0 Å². The van der Waals surface area contributed by atoms with Crippen molar-refractivity contribution in [2.45, 2.75) is 39.2 Å². The molecule has 3 aromatic rings. The van der Waals surface area contributed by atoms with Crippen molar-refractivity contribution >= 4 is 17.4 Å². The summed E-state index contributed by atoms with van der Waals surface area (Å²) in [7, 11) is 0. The maximum Gasteiger partial charge on any atom is 0.231 e. The predicted octanol–water partition coefficient (Wildman–Crippen LogP) is 3.40. The second-order valence-corrected chi connectivity index (χ2v) is 7.36. The Morgan fingerprint density at radius 3 is 2.64 bits per heavy atom. The molecule has 0 radical (unpaired) electrons. The Hall–Kier alpha value is -3.35. The molecule has 1 aromatic heterocycles. The number of tetrazole rings is 1. The molecule has 7 nitrogen and oxygen atoms in total. The number of ketones is 1. The molecule has 1 atom stereocenters. The van der Waals surface area contributed by atoms with Crippen LogP contribution in [0.15, 0.2) is 42.5 Å². The van der Waals surface area contributed by atoms with Crippen molar-refractivity contribution in [2.75, 3.05) is 5.32 Å². The molecule has 0 fully saturated rings. The van der Waals surface area contributed by atoms with Crippen LogP contribution >= 0.6 is 0 Å². The van der Waals surface area contributed by atoms with Crippen LogP contribution in [-0.2, 0) is 11.3 Å². The van der Waals surface area contributed by atoms with E-state index in [0.717, 1.165) is 16.8 Å². The molecule has 2 aromatic carbocycles. The average molecular weight is 375 g/mol. The van der Waals surface area contributed by atoms with E-state index in [1.807, 2.05) is 31.2 Å². The third-order valence-electron chi connectivity index (χ3n) is 5.06. The Morgan fingerprint density at radius 2 is 1.93 bits per heavy atom. The lowest BCUT2D eigenvalue weighted by atomic mass is 9.99. The van der Waals surface area contributed by atoms with Gasteiger partial charge in [0, 0.05) is 16.8 Å². The molecule has 0 saturated heterocycles. The minimum atomic E-state index is -0.257. The number of benzene rings is 2. The Bertz CT molecular complexity index is 1050. The molecular formula is C21H21N5O2. The van der Waals surface area contributed by atoms with E-state index in [2.05, 4.69) is 34.6 Å². The van der Waals surface area contributed by atoms with Crippen LogP contribution in [0, 0.1) is 0 Å². The van der Waals surface area contributed by atoms with Crippen LogP contribution in [0.4, 0.5) is 5.69 Å². The highest BCUT2D eigenvalue weighted by molar-refractivity contribution is 6.04. The lowest BCUT2D eigenvalue weighted by Crippen LogP contribution is -2.13. The zero-order valence-corrected chi connectivity index (χ0v) is 16.0. The van der Waals surface area contributed by atoms with Crippen molar-refractivity contribution in [3.8, 4) is 11.4 Å². The number of nitrogens with zero attached hydrogens (tertiary/aromatic N) is 4. The Morgan fingerprint density at radius 1 is 1.18 bits per heavy atom. The Balaban J connectivity index is 1.50. The molecule has 4 rings (SSSR count). The first-order chi connectivity index (χ1) is 13.4. The maximum atomic E-state index is 12.6. The molecule has 28 heavy (non-hydrogen) atoms. The maximum absolute atomic E-state index is 12.6. The van der Waals surface area contributed by atoms with Crippen molar-refractivity contribution in [3.05, 3.63) is 59.2 Å². The van der Waals surface area contributed by atoms with E-state index in [4.69, 9.17) is 0 Å². The van der Waals surface area contributed by atoms with Gasteiger partial charge in [-0.3, -0.25) is 9.59 Å². The van der Waals surface area contributed by atoms with Gasteiger partial charge < -0.3 is 5.32 Å². The number of carbonyl (C=O) groups excluding carboxylic acids is 2. The second-order valence-electron chi connectivity index (χ2n) is 7.36. The molecule has 0 unspecified atom stereocenters. The van der Waals surface area contributed by atoms with Crippen LogP contribution in [0.2, 0.25) is 0 Å². The lowest BCUT2D eigenvalue weighted by molar-refractivity contribution is -0.116. The van der Waals surface area contributed by atoms with Gasteiger partial charge in [-0.25, -0.2) is 0 Å². The van der Waals surface area contributed by atoms with Gasteiger partial charge >= 0.3 is 0 Å². The van der Waals surface area contributed by atoms with Crippen LogP contribution in [0.25, 0.3) is 11.4 Å². The normalized spacial score (nSPS) is 15.6. The van der Waals surface area contributed by atoms with Crippen LogP contribution in [0.1, 0.15) is 54.1 Å². The van der Waals surface area contributed by atoms with Crippen molar-refractivity contribution in [1.82, 2.24) is 20.2 Å². The van der Waals surface area contributed by atoms with Crippen LogP contribution in [0.3, 0.4) is 0 Å². The van der Waals surface area contributed by atoms with Gasteiger partial charge in [-0.2, -0.15) is 4.80 Å². The zero-order valence-electron chi connectivity index (χ0n) is 16.0. The van der Waals surface area contributed by atoms with Gasteiger partial charge in [0.15, 0.2) is 5.78 Å². The first kappa shape index (κ1) is 18.0. The largest absolute Gasteiger partial charge is 0.325 e. The summed E-state index contributed by atoms with van der Waals surface area (Å²) >= 11 is 0. The highest BCUT2D eigenvalue weighted by Crippen LogP contribution is 2.32. The summed E-state index contributed by atoms with van der Waals surface area (Å²) in [6.45, 7) is 6.10. The molecule has 2 heterocycles. The minimum Gasteiger partial charge on any atom is -0.325 e. The van der Waals surface area contributed by atoms with E-state index >= 15 is 0 Å². The predicted molar refractivity (Wildman–Crippen MR) is 105 cm³/mol. The summed E-state index contributed by atoms with van der Waals surface area (Å²) in [6.07, 6.45) is 0. The number of nitrogens with one attached hydrogen (secondary N) is 1. The number of carbonyl (C=O) groups is 2. The standard InChI is InChI=1S/C21H21N5O2/c1-12(2)14-4-6-15(7-5-14)20-23-25-26(24-20)11-19(27)16-8-9-18-17(10-16)13(3)21(28)22-18/h4-10,12-13H,11H2,1-3H3,(H,22,28)/t13-/m1/s1. The van der Waals surface area contributed by atoms with E-state index in [0.29, 0.717) is 17.3 Å². The fourth-order valence-electron chi connectivity index (χ4n) is 3.25. The molecule has 1 aliphatic rings. The van der Waals surface area contributed by atoms with Crippen LogP contribution in [0.5, 0.6) is 0 Å². The smallest absolute Gasteiger partial charge is 0.231 e. The molecule has 0 spiro atoms. The number of rotatable bonds is 5. The highest BCUT2D eigenvalue weighted by atomic mass is 16.2. The Kier molecular flexibility index (Phi) is 4.50. The third-order valence-corrected chi connectivity index (χ3v) is 5.06. The summed E-state index contributed by atoms with van der Waals surface area (Å²) < 4.78 is 0. The average Bonchev–Trinajstić information content (AvgIpc) is 3.26. The first-order valence-corrected chi connectivity index (χ1v) is 9.28. The number of anilines is 1. The zero-order chi connectivity index (χ0) is 19.8. The van der Waals surface area contributed by atoms with Gasteiger partial charge in [-0.1, -0.05) is 38.1 Å². The molecule has 1 amide bonds. The van der Waals surface area contributed by atoms with Gasteiger partial charge in [0.05, 0.1) is 5.92 Å². The van der Waals surface area contributed by atoms with E-state index in [1.54, 1.807) is 18.2 Å². The molecule has 0 saturated carbocycles. The molecular weight excluding hydrogens is 354 g/mol. The molecule has 142 valence electrons. The first-order valence-electron chi connectivity index (χ1n) is 9.28. The van der Waals surface area contributed by atoms with Gasteiger partial charge in [0.2, 0.25) is 11.7 Å². The number of Topliss-reactive ketones (excluding diaryl/α,β-unsaturated/α-hetero) is 1. The van der Waals surface area contributed by atoms with Crippen molar-refractivity contribution in [1.29, 1.82) is 0 Å². The number of hydrogen-bond donors (Lipinski definition) is 1. The molecule has 0 bridgehead atoms. The van der Waals surface area contributed by atoms with Gasteiger partial charge in [0.25, 0.3) is 0 Å². The minimum absolute atomic E-state index is 0.00831. The summed E-state index contributed by atoms with van der Waals surface area (Å²) in [4.78, 5) is 25.7. The SMILES string of the molecule is CC(C)c1ccc(-c2nnn(CC(=O)c3ccc4c(c3)[C@@H](C)C(=O)N4)n2)cc1. The van der Waals surface area contributed by atoms with E-state index in [-0.39, 0.29) is 24.2 Å².